The van der Waals surface area contributed by atoms with Crippen LogP contribution in [0.15, 0.2) is 60.8 Å². The Hall–Kier alpha value is -2.88. The van der Waals surface area contributed by atoms with E-state index in [2.05, 4.69) is 23.2 Å². The van der Waals surface area contributed by atoms with E-state index >= 15 is 0 Å². The molecular weight excluding hydrogens is 303 g/mol. The number of aromatic nitrogens is 1. The van der Waals surface area contributed by atoms with E-state index in [1.807, 2.05) is 18.3 Å². The fourth-order valence-corrected chi connectivity index (χ4v) is 3.24. The molecule has 120 valence electrons. The average molecular weight is 320 g/mol. The molecule has 0 atom stereocenters. The first kappa shape index (κ1) is 14.7. The van der Waals surface area contributed by atoms with E-state index < -0.39 is 5.82 Å². The number of H-pyrrole nitrogens is 1. The second kappa shape index (κ2) is 5.96. The van der Waals surface area contributed by atoms with E-state index in [0.717, 1.165) is 11.9 Å². The Labute approximate surface area is 139 Å². The highest BCUT2D eigenvalue weighted by molar-refractivity contribution is 5.96. The lowest BCUT2D eigenvalue weighted by Crippen LogP contribution is -2.35. The van der Waals surface area contributed by atoms with Crippen molar-refractivity contribution < 1.29 is 9.18 Å². The molecule has 2 heterocycles. The quantitative estimate of drug-likeness (QED) is 0.753. The van der Waals surface area contributed by atoms with Crippen LogP contribution in [-0.4, -0.2) is 28.9 Å². The number of aromatic amines is 1. The Balaban J connectivity index is 1.57. The van der Waals surface area contributed by atoms with Crippen molar-refractivity contribution in [2.75, 3.05) is 13.1 Å². The summed E-state index contributed by atoms with van der Waals surface area (Å²) in [5, 5.41) is 1.19. The molecule has 4 heteroatoms. The topological polar surface area (TPSA) is 36.1 Å². The zero-order chi connectivity index (χ0) is 16.5. The van der Waals surface area contributed by atoms with Crippen LogP contribution in [-0.2, 0) is 0 Å². The Morgan fingerprint density at radius 2 is 1.88 bits per heavy atom. The van der Waals surface area contributed by atoms with Gasteiger partial charge in [-0.15, -0.1) is 0 Å². The zero-order valence-corrected chi connectivity index (χ0v) is 13.1. The van der Waals surface area contributed by atoms with Gasteiger partial charge >= 0.3 is 0 Å². The van der Waals surface area contributed by atoms with Gasteiger partial charge in [0.2, 0.25) is 0 Å². The number of carbonyl (C=O) groups excluding carboxylic acids is 1. The fourth-order valence-electron chi connectivity index (χ4n) is 3.24. The van der Waals surface area contributed by atoms with Gasteiger partial charge in [0.05, 0.1) is 5.56 Å². The maximum absolute atomic E-state index is 13.8. The van der Waals surface area contributed by atoms with Crippen LogP contribution in [0.3, 0.4) is 0 Å². The third-order valence-corrected chi connectivity index (χ3v) is 4.54. The van der Waals surface area contributed by atoms with Crippen LogP contribution in [0.2, 0.25) is 0 Å². The first-order valence-electron chi connectivity index (χ1n) is 8.03. The first-order chi connectivity index (χ1) is 11.7. The molecule has 0 bridgehead atoms. The number of hydrogen-bond acceptors (Lipinski definition) is 1. The van der Waals surface area contributed by atoms with Crippen molar-refractivity contribution in [1.29, 1.82) is 0 Å². The van der Waals surface area contributed by atoms with Gasteiger partial charge in [-0.2, -0.15) is 0 Å². The van der Waals surface area contributed by atoms with Gasteiger partial charge in [0.1, 0.15) is 5.82 Å². The van der Waals surface area contributed by atoms with Gasteiger partial charge in [0.15, 0.2) is 0 Å². The van der Waals surface area contributed by atoms with Crippen LogP contribution in [0.5, 0.6) is 0 Å². The molecule has 24 heavy (non-hydrogen) atoms. The molecule has 0 aliphatic carbocycles. The molecule has 0 radical (unpaired) electrons. The second-order valence-electron chi connectivity index (χ2n) is 5.96. The number of hydrogen-bond donors (Lipinski definition) is 1. The molecule has 3 aromatic rings. The van der Waals surface area contributed by atoms with Gasteiger partial charge in [0.25, 0.3) is 5.91 Å². The number of nitrogens with zero attached hydrogens (tertiary/aromatic N) is 1. The summed E-state index contributed by atoms with van der Waals surface area (Å²) in [5.74, 6) is -0.712. The Bertz CT molecular complexity index is 941. The standard InChI is InChI=1S/C20H17FN2O/c21-18-7-3-1-6-16(18)20(24)23-11-9-14(10-12-23)17-13-22-19-8-4-2-5-15(17)19/h1-9,13,22H,10-12H2. The number of amides is 1. The maximum Gasteiger partial charge on any atom is 0.257 e. The number of para-hydroxylation sites is 1. The summed E-state index contributed by atoms with van der Waals surface area (Å²) in [7, 11) is 0. The number of nitrogens with one attached hydrogen (secondary N) is 1. The molecule has 0 spiro atoms. The van der Waals surface area contributed by atoms with Gasteiger partial charge in [-0.1, -0.05) is 36.4 Å². The zero-order valence-electron chi connectivity index (χ0n) is 13.1. The number of carbonyl (C=O) groups is 1. The molecule has 1 aromatic heterocycles. The third kappa shape index (κ3) is 2.50. The van der Waals surface area contributed by atoms with Gasteiger partial charge in [0, 0.05) is 35.8 Å². The largest absolute Gasteiger partial charge is 0.361 e. The number of benzene rings is 2. The predicted octanol–water partition coefficient (Wildman–Crippen LogP) is 4.24. The molecule has 3 nitrogen and oxygen atoms in total. The average Bonchev–Trinajstić information content (AvgIpc) is 3.06. The predicted molar refractivity (Wildman–Crippen MR) is 93.2 cm³/mol. The third-order valence-electron chi connectivity index (χ3n) is 4.54. The molecule has 0 unspecified atom stereocenters. The second-order valence-corrected chi connectivity index (χ2v) is 5.96. The van der Waals surface area contributed by atoms with E-state index in [1.54, 1.807) is 17.0 Å². The lowest BCUT2D eigenvalue weighted by Gasteiger charge is -2.26. The van der Waals surface area contributed by atoms with E-state index in [4.69, 9.17) is 0 Å². The SMILES string of the molecule is O=C(c1ccccc1F)N1CC=C(c2c[nH]c3ccccc23)CC1. The Kier molecular flexibility index (Phi) is 3.65. The van der Waals surface area contributed by atoms with Crippen molar-refractivity contribution >= 4 is 22.4 Å². The molecule has 0 saturated carbocycles. The highest BCUT2D eigenvalue weighted by Crippen LogP contribution is 2.29. The maximum atomic E-state index is 13.8. The monoisotopic (exact) mass is 320 g/mol. The van der Waals surface area contributed by atoms with Crippen molar-refractivity contribution in [3.05, 3.63) is 77.7 Å². The molecule has 1 N–H and O–H groups in total. The van der Waals surface area contributed by atoms with Crippen LogP contribution in [0, 0.1) is 5.82 Å². The van der Waals surface area contributed by atoms with Gasteiger partial charge in [-0.25, -0.2) is 4.39 Å². The highest BCUT2D eigenvalue weighted by atomic mass is 19.1. The minimum atomic E-state index is -0.464. The van der Waals surface area contributed by atoms with Crippen molar-refractivity contribution in [3.63, 3.8) is 0 Å². The van der Waals surface area contributed by atoms with Gasteiger partial charge in [-0.3, -0.25) is 4.79 Å². The summed E-state index contributed by atoms with van der Waals surface area (Å²) in [5.41, 5.74) is 3.66. The van der Waals surface area contributed by atoms with Crippen LogP contribution in [0.1, 0.15) is 22.3 Å². The Morgan fingerprint density at radius 1 is 1.08 bits per heavy atom. The van der Waals surface area contributed by atoms with Gasteiger partial charge in [-0.05, 0) is 30.2 Å². The minimum absolute atomic E-state index is 0.140. The summed E-state index contributed by atoms with van der Waals surface area (Å²) >= 11 is 0. The molecule has 0 fully saturated rings. The van der Waals surface area contributed by atoms with E-state index in [-0.39, 0.29) is 11.5 Å². The molecule has 0 saturated heterocycles. The van der Waals surface area contributed by atoms with Crippen LogP contribution in [0.25, 0.3) is 16.5 Å². The van der Waals surface area contributed by atoms with E-state index in [0.29, 0.717) is 13.1 Å². The first-order valence-corrected chi connectivity index (χ1v) is 8.03. The van der Waals surface area contributed by atoms with Crippen LogP contribution < -0.4 is 0 Å². The van der Waals surface area contributed by atoms with Crippen molar-refractivity contribution in [2.45, 2.75) is 6.42 Å². The fraction of sp³-hybridized carbons (Fsp3) is 0.150. The number of fused-ring (bicyclic) bond motifs is 1. The van der Waals surface area contributed by atoms with Gasteiger partial charge < -0.3 is 9.88 Å². The summed E-state index contributed by atoms with van der Waals surface area (Å²) in [4.78, 5) is 17.4. The highest BCUT2D eigenvalue weighted by Gasteiger charge is 2.22. The molecule has 1 amide bonds. The van der Waals surface area contributed by atoms with Crippen molar-refractivity contribution in [3.8, 4) is 0 Å². The molecule has 4 rings (SSSR count). The molecule has 1 aliphatic rings. The van der Waals surface area contributed by atoms with Crippen LogP contribution in [0.4, 0.5) is 4.39 Å². The molecular formula is C20H17FN2O. The normalized spacial score (nSPS) is 14.7. The van der Waals surface area contributed by atoms with E-state index in [1.165, 1.54) is 28.7 Å². The lowest BCUT2D eigenvalue weighted by molar-refractivity contribution is 0.0768. The Morgan fingerprint density at radius 3 is 2.67 bits per heavy atom. The van der Waals surface area contributed by atoms with Crippen LogP contribution >= 0.6 is 0 Å². The lowest BCUT2D eigenvalue weighted by atomic mass is 9.98. The summed E-state index contributed by atoms with van der Waals surface area (Å²) in [6, 6.07) is 14.3. The van der Waals surface area contributed by atoms with E-state index in [9.17, 15) is 9.18 Å². The summed E-state index contributed by atoms with van der Waals surface area (Å²) in [6.45, 7) is 1.10. The molecule has 1 aliphatic heterocycles. The minimum Gasteiger partial charge on any atom is -0.361 e. The smallest absolute Gasteiger partial charge is 0.257 e. The van der Waals surface area contributed by atoms with Crippen molar-refractivity contribution in [1.82, 2.24) is 9.88 Å². The molecule has 2 aromatic carbocycles. The summed E-state index contributed by atoms with van der Waals surface area (Å²) < 4.78 is 13.8. The summed E-state index contributed by atoms with van der Waals surface area (Å²) in [6.07, 6.45) is 4.85. The van der Waals surface area contributed by atoms with Crippen molar-refractivity contribution in [2.24, 2.45) is 0 Å². The number of halogens is 1. The number of rotatable bonds is 2.